The van der Waals surface area contributed by atoms with E-state index >= 15 is 0 Å². The first kappa shape index (κ1) is 28.2. The van der Waals surface area contributed by atoms with E-state index in [1.807, 2.05) is 22.9 Å². The van der Waals surface area contributed by atoms with Gasteiger partial charge >= 0.3 is 6.03 Å². The highest BCUT2D eigenvalue weighted by molar-refractivity contribution is 5.84. The lowest BCUT2D eigenvalue weighted by molar-refractivity contribution is -0.141. The normalized spacial score (nSPS) is 25.6. The van der Waals surface area contributed by atoms with Crippen molar-refractivity contribution in [3.8, 4) is 0 Å². The monoisotopic (exact) mass is 544 g/mol. The lowest BCUT2D eigenvalue weighted by Gasteiger charge is -2.45. The third kappa shape index (κ3) is 5.35. The van der Waals surface area contributed by atoms with E-state index in [0.717, 1.165) is 18.5 Å². The molecular formula is C33H44N4O3. The fourth-order valence-corrected chi connectivity index (χ4v) is 7.26. The molecule has 214 valence electrons. The minimum absolute atomic E-state index is 0.0376. The molecule has 3 heterocycles. The molecule has 7 heteroatoms. The zero-order valence-electron chi connectivity index (χ0n) is 24.9. The summed E-state index contributed by atoms with van der Waals surface area (Å²) in [4.78, 5) is 47.5. The lowest BCUT2D eigenvalue weighted by Crippen LogP contribution is -2.51. The Morgan fingerprint density at radius 3 is 2.35 bits per heavy atom. The molecule has 2 aromatic carbocycles. The summed E-state index contributed by atoms with van der Waals surface area (Å²) in [5, 5.41) is 0. The second-order valence-corrected chi connectivity index (χ2v) is 12.5. The average Bonchev–Trinajstić information content (AvgIpc) is 3.37. The smallest absolute Gasteiger partial charge is 0.320 e. The van der Waals surface area contributed by atoms with Crippen molar-refractivity contribution in [1.29, 1.82) is 0 Å². The quantitative estimate of drug-likeness (QED) is 0.537. The molecule has 7 nitrogen and oxygen atoms in total. The van der Waals surface area contributed by atoms with Crippen molar-refractivity contribution in [2.45, 2.75) is 59.0 Å². The summed E-state index contributed by atoms with van der Waals surface area (Å²) < 4.78 is 0. The first-order valence-corrected chi connectivity index (χ1v) is 14.7. The molecule has 0 spiro atoms. The Labute approximate surface area is 239 Å². The molecular weight excluding hydrogens is 500 g/mol. The van der Waals surface area contributed by atoms with E-state index in [9.17, 15) is 14.4 Å². The summed E-state index contributed by atoms with van der Waals surface area (Å²) in [6.45, 7) is 11.0. The first-order chi connectivity index (χ1) is 19.0. The number of hydrogen-bond donors (Lipinski definition) is 0. The van der Waals surface area contributed by atoms with E-state index in [1.54, 1.807) is 11.9 Å². The summed E-state index contributed by atoms with van der Waals surface area (Å²) in [6, 6.07) is 14.8. The van der Waals surface area contributed by atoms with Crippen LogP contribution in [0.2, 0.25) is 0 Å². The van der Waals surface area contributed by atoms with Crippen LogP contribution in [0, 0.1) is 38.5 Å². The van der Waals surface area contributed by atoms with Gasteiger partial charge in [-0.3, -0.25) is 9.59 Å². The largest absolute Gasteiger partial charge is 0.345 e. The zero-order valence-corrected chi connectivity index (χ0v) is 24.9. The summed E-state index contributed by atoms with van der Waals surface area (Å²) in [6.07, 6.45) is 1.95. The first-order valence-electron chi connectivity index (χ1n) is 14.7. The van der Waals surface area contributed by atoms with Crippen LogP contribution in [0.1, 0.15) is 66.1 Å². The Kier molecular flexibility index (Phi) is 7.94. The van der Waals surface area contributed by atoms with Gasteiger partial charge in [0, 0.05) is 52.6 Å². The fourth-order valence-electron chi connectivity index (χ4n) is 7.26. The summed E-state index contributed by atoms with van der Waals surface area (Å²) in [5.41, 5.74) is 5.89. The summed E-state index contributed by atoms with van der Waals surface area (Å²) in [7, 11) is 3.70. The minimum atomic E-state index is -0.137. The number of piperidine rings is 2. The molecule has 0 bridgehead atoms. The Bertz CT molecular complexity index is 1270. The van der Waals surface area contributed by atoms with Gasteiger partial charge in [0.25, 0.3) is 0 Å². The van der Waals surface area contributed by atoms with Crippen molar-refractivity contribution in [3.63, 3.8) is 0 Å². The van der Waals surface area contributed by atoms with Crippen LogP contribution in [0.4, 0.5) is 4.79 Å². The molecule has 5 atom stereocenters. The number of hydrogen-bond acceptors (Lipinski definition) is 3. The number of nitrogens with zero attached hydrogens (tertiary/aromatic N) is 4. The van der Waals surface area contributed by atoms with Gasteiger partial charge in [0.15, 0.2) is 0 Å². The molecule has 3 fully saturated rings. The molecule has 3 aliphatic heterocycles. The fraction of sp³-hybridized carbons (Fsp3) is 0.545. The molecule has 3 saturated heterocycles. The van der Waals surface area contributed by atoms with Gasteiger partial charge in [-0.15, -0.1) is 0 Å². The van der Waals surface area contributed by atoms with Crippen LogP contribution in [0.25, 0.3) is 0 Å². The van der Waals surface area contributed by atoms with Crippen LogP contribution in [-0.2, 0) is 9.59 Å². The van der Waals surface area contributed by atoms with E-state index in [1.165, 1.54) is 22.3 Å². The van der Waals surface area contributed by atoms with Gasteiger partial charge < -0.3 is 19.6 Å². The molecule has 40 heavy (non-hydrogen) atoms. The van der Waals surface area contributed by atoms with Crippen LogP contribution in [0.3, 0.4) is 0 Å². The zero-order chi connectivity index (χ0) is 28.7. The van der Waals surface area contributed by atoms with Gasteiger partial charge in [-0.2, -0.15) is 0 Å². The molecule has 0 aliphatic carbocycles. The topological polar surface area (TPSA) is 64.2 Å². The third-order valence-corrected chi connectivity index (χ3v) is 9.62. The van der Waals surface area contributed by atoms with Crippen LogP contribution in [0.5, 0.6) is 0 Å². The van der Waals surface area contributed by atoms with Crippen molar-refractivity contribution < 1.29 is 14.4 Å². The number of urea groups is 1. The van der Waals surface area contributed by atoms with Crippen molar-refractivity contribution in [2.75, 3.05) is 40.3 Å². The van der Waals surface area contributed by atoms with Gasteiger partial charge in [0.1, 0.15) is 0 Å². The highest BCUT2D eigenvalue weighted by atomic mass is 16.2. The van der Waals surface area contributed by atoms with Crippen LogP contribution < -0.4 is 0 Å². The van der Waals surface area contributed by atoms with Gasteiger partial charge in [-0.25, -0.2) is 4.79 Å². The molecule has 4 amide bonds. The molecule has 2 unspecified atom stereocenters. The Hall–Kier alpha value is -3.35. The van der Waals surface area contributed by atoms with E-state index < -0.39 is 0 Å². The molecule has 0 radical (unpaired) electrons. The van der Waals surface area contributed by atoms with E-state index in [2.05, 4.69) is 69.0 Å². The van der Waals surface area contributed by atoms with Crippen molar-refractivity contribution in [2.24, 2.45) is 17.8 Å². The van der Waals surface area contributed by atoms with Gasteiger partial charge in [0.05, 0.1) is 18.0 Å². The maximum atomic E-state index is 14.2. The predicted molar refractivity (Wildman–Crippen MR) is 157 cm³/mol. The highest BCUT2D eigenvalue weighted by Crippen LogP contribution is 2.45. The maximum absolute atomic E-state index is 14.2. The van der Waals surface area contributed by atoms with E-state index in [0.29, 0.717) is 38.4 Å². The second-order valence-electron chi connectivity index (χ2n) is 12.5. The minimum Gasteiger partial charge on any atom is -0.345 e. The second kappa shape index (κ2) is 11.3. The number of aryl methyl sites for hydroxylation is 3. The Morgan fingerprint density at radius 1 is 0.975 bits per heavy atom. The average molecular weight is 545 g/mol. The Morgan fingerprint density at radius 2 is 1.68 bits per heavy atom. The number of amides is 4. The lowest BCUT2D eigenvalue weighted by atomic mass is 9.78. The number of carbonyl (C=O) groups excluding carboxylic acids is 3. The number of rotatable bonds is 4. The molecule has 0 N–H and O–H groups in total. The molecule has 2 aromatic rings. The molecule has 0 aromatic heterocycles. The highest BCUT2D eigenvalue weighted by Gasteiger charge is 2.48. The van der Waals surface area contributed by atoms with Crippen molar-refractivity contribution >= 4 is 17.8 Å². The van der Waals surface area contributed by atoms with Crippen LogP contribution >= 0.6 is 0 Å². The third-order valence-electron chi connectivity index (χ3n) is 9.62. The van der Waals surface area contributed by atoms with Crippen molar-refractivity contribution in [3.05, 3.63) is 70.3 Å². The summed E-state index contributed by atoms with van der Waals surface area (Å²) in [5.74, 6) is 0.670. The van der Waals surface area contributed by atoms with Crippen LogP contribution in [-0.4, -0.2) is 77.7 Å². The van der Waals surface area contributed by atoms with Crippen LogP contribution in [0.15, 0.2) is 42.5 Å². The molecule has 3 aliphatic rings. The SMILES string of the molecule is Cc1cc(C)cc([C@@H](C)N(C)C(=O)N2CC[C@@H]3CN(C(=O)C4CCC(=O)N(C)C4)CC3[C@@H]2c2ccccc2C)c1. The number of carbonyl (C=O) groups is 3. The van der Waals surface area contributed by atoms with E-state index in [-0.39, 0.29) is 41.8 Å². The number of fused-ring (bicyclic) bond motifs is 1. The van der Waals surface area contributed by atoms with Crippen molar-refractivity contribution in [1.82, 2.24) is 19.6 Å². The maximum Gasteiger partial charge on any atom is 0.320 e. The predicted octanol–water partition coefficient (Wildman–Crippen LogP) is 5.11. The number of benzene rings is 2. The standard InChI is InChI=1S/C33H44N4O3/c1-21-15-22(2)17-27(16-21)24(4)35(6)33(40)37-14-13-25-19-36(32(39)26-11-12-30(38)34(5)18-26)20-29(25)31(37)28-10-8-7-9-23(28)3/h7-10,15-17,24-26,29,31H,11-14,18-20H2,1-6H3/t24-,25-,26?,29?,31+/m1/s1. The molecule has 5 rings (SSSR count). The van der Waals surface area contributed by atoms with Gasteiger partial charge in [-0.05, 0) is 63.1 Å². The van der Waals surface area contributed by atoms with E-state index in [4.69, 9.17) is 0 Å². The van der Waals surface area contributed by atoms with Gasteiger partial charge in [0.2, 0.25) is 11.8 Å². The summed E-state index contributed by atoms with van der Waals surface area (Å²) >= 11 is 0. The Balaban J connectivity index is 1.41. The number of likely N-dealkylation sites (tertiary alicyclic amines) is 3. The van der Waals surface area contributed by atoms with Gasteiger partial charge in [-0.1, -0.05) is 53.6 Å². The molecule has 0 saturated carbocycles.